The van der Waals surface area contributed by atoms with Gasteiger partial charge in [-0.25, -0.2) is 8.78 Å². The third-order valence-electron chi connectivity index (χ3n) is 8.11. The third kappa shape index (κ3) is 7.92. The van der Waals surface area contributed by atoms with Gasteiger partial charge in [-0.2, -0.15) is 0 Å². The van der Waals surface area contributed by atoms with E-state index < -0.39 is 40.5 Å². The molecule has 0 aliphatic heterocycles. The predicted molar refractivity (Wildman–Crippen MR) is 162 cm³/mol. The van der Waals surface area contributed by atoms with Crippen molar-refractivity contribution in [3.63, 3.8) is 0 Å². The minimum atomic E-state index is -1.38. The molecule has 2 amide bonds. The highest BCUT2D eigenvalue weighted by atomic mass is 19.1. The number of carbonyl (C=O) groups excluding carboxylic acids is 2. The van der Waals surface area contributed by atoms with Crippen LogP contribution in [-0.2, 0) is 21.5 Å². The molecule has 3 atom stereocenters. The lowest BCUT2D eigenvalue weighted by molar-refractivity contribution is -0.145. The molecule has 0 saturated carbocycles. The minimum absolute atomic E-state index is 0.00303. The number of nitrogens with two attached hydrogens (primary N) is 1. The van der Waals surface area contributed by atoms with Gasteiger partial charge in [0, 0.05) is 42.7 Å². The summed E-state index contributed by atoms with van der Waals surface area (Å²) in [5.74, 6) is -3.21. The Bertz CT molecular complexity index is 1280. The van der Waals surface area contributed by atoms with Crippen molar-refractivity contribution in [1.29, 1.82) is 0 Å². The van der Waals surface area contributed by atoms with Gasteiger partial charge in [0.1, 0.15) is 11.6 Å². The fourth-order valence-corrected chi connectivity index (χ4v) is 6.08. The van der Waals surface area contributed by atoms with Crippen molar-refractivity contribution >= 4 is 11.8 Å². The fourth-order valence-electron chi connectivity index (χ4n) is 6.08. The largest absolute Gasteiger partial charge is 0.391 e. The second-order valence-electron chi connectivity index (χ2n) is 12.0. The van der Waals surface area contributed by atoms with Crippen molar-refractivity contribution in [2.45, 2.75) is 71.9 Å². The van der Waals surface area contributed by atoms with E-state index in [4.69, 9.17) is 5.73 Å². The van der Waals surface area contributed by atoms with E-state index in [0.29, 0.717) is 24.2 Å². The van der Waals surface area contributed by atoms with Gasteiger partial charge in [0.05, 0.1) is 11.5 Å². The van der Waals surface area contributed by atoms with Gasteiger partial charge in [-0.3, -0.25) is 9.59 Å². The topological polar surface area (TPSA) is 95.7 Å². The smallest absolute Gasteiger partial charge is 0.244 e. The number of amides is 2. The molecule has 0 aromatic heterocycles. The van der Waals surface area contributed by atoms with Crippen LogP contribution in [0.1, 0.15) is 65.0 Å². The van der Waals surface area contributed by atoms with E-state index in [1.807, 2.05) is 64.1 Å². The zero-order valence-corrected chi connectivity index (χ0v) is 25.4. The molecule has 2 aromatic carbocycles. The molecule has 42 heavy (non-hydrogen) atoms. The van der Waals surface area contributed by atoms with E-state index >= 15 is 0 Å². The van der Waals surface area contributed by atoms with Crippen LogP contribution < -0.4 is 11.1 Å². The van der Waals surface area contributed by atoms with Crippen LogP contribution in [0.15, 0.2) is 71.8 Å². The number of aliphatic hydroxyl groups is 1. The Balaban J connectivity index is 2.15. The number of hydrogen-bond donors (Lipinski definition) is 3. The molecule has 0 heterocycles. The van der Waals surface area contributed by atoms with E-state index in [9.17, 15) is 23.5 Å². The van der Waals surface area contributed by atoms with Crippen molar-refractivity contribution in [3.8, 4) is 0 Å². The second kappa shape index (κ2) is 14.2. The fraction of sp³-hybridized carbons (Fsp3) is 0.471. The molecule has 2 aromatic rings. The summed E-state index contributed by atoms with van der Waals surface area (Å²) in [6, 6.07) is 13.0. The highest BCUT2D eigenvalue weighted by molar-refractivity contribution is 5.96. The molecule has 0 radical (unpaired) electrons. The Morgan fingerprint density at radius 1 is 1.07 bits per heavy atom. The Hall–Kier alpha value is -3.36. The monoisotopic (exact) mass is 581 g/mol. The summed E-state index contributed by atoms with van der Waals surface area (Å²) in [7, 11) is 0. The van der Waals surface area contributed by atoms with Gasteiger partial charge >= 0.3 is 0 Å². The Kier molecular flexibility index (Phi) is 11.2. The van der Waals surface area contributed by atoms with Gasteiger partial charge in [-0.1, -0.05) is 61.9 Å². The molecular weight excluding hydrogens is 536 g/mol. The normalized spacial score (nSPS) is 18.6. The first-order chi connectivity index (χ1) is 19.8. The first-order valence-corrected chi connectivity index (χ1v) is 14.8. The maximum atomic E-state index is 14.6. The molecule has 1 unspecified atom stereocenters. The van der Waals surface area contributed by atoms with Gasteiger partial charge in [0.25, 0.3) is 0 Å². The maximum absolute atomic E-state index is 14.6. The van der Waals surface area contributed by atoms with Crippen LogP contribution in [0.25, 0.3) is 0 Å². The first kappa shape index (κ1) is 33.1. The van der Waals surface area contributed by atoms with E-state index in [-0.39, 0.29) is 30.9 Å². The standard InChI is InChI=1S/C34H45F2N3O3/c1-6-13-39(14-7-2)32(42)34(20-23(3)15-25(21-34)31(37)41)29(18-24-16-27(35)19-28(36)17-24)30(40)22-38-33(4,5)26-11-9-8-10-12-26/h8-12,15-17,19-20,29-30,38,40H,6-7,13-14,18,21-22H2,1-5H3,(H2,37,41)/t29-,30+,34?/m1/s1. The van der Waals surface area contributed by atoms with Crippen LogP contribution in [0.4, 0.5) is 8.78 Å². The van der Waals surface area contributed by atoms with Crippen molar-refractivity contribution in [3.05, 3.63) is 94.6 Å². The van der Waals surface area contributed by atoms with Crippen LogP contribution in [0.3, 0.4) is 0 Å². The molecule has 228 valence electrons. The van der Waals surface area contributed by atoms with Gasteiger partial charge < -0.3 is 21.1 Å². The van der Waals surface area contributed by atoms with Gasteiger partial charge in [0.15, 0.2) is 0 Å². The van der Waals surface area contributed by atoms with Crippen LogP contribution in [0, 0.1) is 23.0 Å². The van der Waals surface area contributed by atoms with Crippen LogP contribution in [-0.4, -0.2) is 47.6 Å². The molecule has 3 rings (SSSR count). The lowest BCUT2D eigenvalue weighted by atomic mass is 9.63. The summed E-state index contributed by atoms with van der Waals surface area (Å²) < 4.78 is 28.7. The highest BCUT2D eigenvalue weighted by Gasteiger charge is 2.50. The Morgan fingerprint density at radius 2 is 1.67 bits per heavy atom. The molecule has 1 aliphatic carbocycles. The van der Waals surface area contributed by atoms with E-state index in [1.54, 1.807) is 17.9 Å². The van der Waals surface area contributed by atoms with Crippen molar-refractivity contribution in [1.82, 2.24) is 10.2 Å². The summed E-state index contributed by atoms with van der Waals surface area (Å²) in [5.41, 5.74) is 6.11. The number of carbonyl (C=O) groups is 2. The number of halogens is 2. The average Bonchev–Trinajstić information content (AvgIpc) is 2.93. The quantitative estimate of drug-likeness (QED) is 0.278. The first-order valence-electron chi connectivity index (χ1n) is 14.8. The maximum Gasteiger partial charge on any atom is 0.244 e. The molecule has 8 heteroatoms. The summed E-state index contributed by atoms with van der Waals surface area (Å²) in [5, 5.41) is 15.4. The van der Waals surface area contributed by atoms with Crippen LogP contribution in [0.5, 0.6) is 0 Å². The number of hydrogen-bond acceptors (Lipinski definition) is 4. The van der Waals surface area contributed by atoms with Gasteiger partial charge in [-0.15, -0.1) is 0 Å². The zero-order valence-electron chi connectivity index (χ0n) is 25.4. The van der Waals surface area contributed by atoms with Crippen LogP contribution >= 0.6 is 0 Å². The Labute approximate surface area is 248 Å². The Morgan fingerprint density at radius 3 is 2.21 bits per heavy atom. The van der Waals surface area contributed by atoms with Crippen molar-refractivity contribution < 1.29 is 23.5 Å². The predicted octanol–water partition coefficient (Wildman–Crippen LogP) is 5.41. The number of nitrogens with one attached hydrogen (secondary N) is 1. The van der Waals surface area contributed by atoms with Crippen LogP contribution in [0.2, 0.25) is 0 Å². The number of nitrogens with zero attached hydrogens (tertiary/aromatic N) is 1. The molecule has 0 fully saturated rings. The minimum Gasteiger partial charge on any atom is -0.391 e. The second-order valence-corrected chi connectivity index (χ2v) is 12.0. The summed E-state index contributed by atoms with van der Waals surface area (Å²) in [6.45, 7) is 10.8. The molecule has 0 spiro atoms. The summed E-state index contributed by atoms with van der Waals surface area (Å²) in [4.78, 5) is 28.9. The van der Waals surface area contributed by atoms with Crippen molar-refractivity contribution in [2.75, 3.05) is 19.6 Å². The number of allylic oxidation sites excluding steroid dienone is 2. The van der Waals surface area contributed by atoms with Gasteiger partial charge in [0.2, 0.25) is 11.8 Å². The number of primary amides is 1. The molecule has 6 nitrogen and oxygen atoms in total. The molecule has 4 N–H and O–H groups in total. The van der Waals surface area contributed by atoms with E-state index in [0.717, 1.165) is 24.5 Å². The number of benzene rings is 2. The lowest BCUT2D eigenvalue weighted by Crippen LogP contribution is -2.55. The lowest BCUT2D eigenvalue weighted by Gasteiger charge is -2.45. The van der Waals surface area contributed by atoms with E-state index in [2.05, 4.69) is 5.32 Å². The molecule has 0 bridgehead atoms. The summed E-state index contributed by atoms with van der Waals surface area (Å²) >= 11 is 0. The molecule has 0 saturated heterocycles. The SMILES string of the molecule is CCCN(CCC)C(=O)C1([C@H](Cc2cc(F)cc(F)c2)[C@@H](O)CNC(C)(C)c2ccccc2)C=C(C)C=C(C(N)=O)C1. The third-order valence-corrected chi connectivity index (χ3v) is 8.11. The molecular formula is C34H45F2N3O3. The average molecular weight is 582 g/mol. The summed E-state index contributed by atoms with van der Waals surface area (Å²) in [6.07, 6.45) is 3.76. The van der Waals surface area contributed by atoms with E-state index in [1.165, 1.54) is 12.1 Å². The van der Waals surface area contributed by atoms with Crippen molar-refractivity contribution in [2.24, 2.45) is 17.1 Å². The number of aliphatic hydroxyl groups excluding tert-OH is 1. The zero-order chi connectivity index (χ0) is 31.1. The van der Waals surface area contributed by atoms with Gasteiger partial charge in [-0.05, 0) is 69.7 Å². The number of rotatable bonds is 14. The highest BCUT2D eigenvalue weighted by Crippen LogP contribution is 2.46. The molecule has 1 aliphatic rings.